The van der Waals surface area contributed by atoms with Crippen LogP contribution in [0, 0.1) is 0 Å². The number of anilines is 2. The molecule has 0 unspecified atom stereocenters. The second kappa shape index (κ2) is 8.43. The molecule has 0 aliphatic heterocycles. The zero-order valence-electron chi connectivity index (χ0n) is 14.2. The number of carbonyl (C=O) groups is 2. The highest BCUT2D eigenvalue weighted by atomic mass is 79.9. The molecule has 0 aromatic heterocycles. The fourth-order valence-electron chi connectivity index (χ4n) is 2.13. The van der Waals surface area contributed by atoms with E-state index < -0.39 is 15.9 Å². The third-order valence-electron chi connectivity index (χ3n) is 3.40. The Kier molecular flexibility index (Phi) is 6.52. The number of amides is 2. The summed E-state index contributed by atoms with van der Waals surface area (Å²) in [7, 11) is -2.50. The highest BCUT2D eigenvalue weighted by Gasteiger charge is 2.23. The highest BCUT2D eigenvalue weighted by Crippen LogP contribution is 2.21. The van der Waals surface area contributed by atoms with Crippen LogP contribution in [-0.2, 0) is 19.6 Å². The summed E-state index contributed by atoms with van der Waals surface area (Å²) in [4.78, 5) is 23.2. The predicted molar refractivity (Wildman–Crippen MR) is 103 cm³/mol. The molecule has 7 nitrogen and oxygen atoms in total. The van der Waals surface area contributed by atoms with Crippen LogP contribution in [0.5, 0.6) is 0 Å². The van der Waals surface area contributed by atoms with Crippen LogP contribution in [0.25, 0.3) is 0 Å². The summed E-state index contributed by atoms with van der Waals surface area (Å²) in [5, 5.41) is 5.22. The van der Waals surface area contributed by atoms with Crippen LogP contribution in [0.3, 0.4) is 0 Å². The largest absolute Gasteiger partial charge is 0.326 e. The van der Waals surface area contributed by atoms with Crippen LogP contribution in [0.4, 0.5) is 11.4 Å². The maximum absolute atomic E-state index is 12.6. The van der Waals surface area contributed by atoms with Gasteiger partial charge in [-0.1, -0.05) is 12.1 Å². The molecule has 0 heterocycles. The van der Waals surface area contributed by atoms with Crippen LogP contribution in [0.15, 0.2) is 57.9 Å². The molecule has 2 N–H and O–H groups in total. The monoisotopic (exact) mass is 439 g/mol. The summed E-state index contributed by atoms with van der Waals surface area (Å²) < 4.78 is 26.8. The van der Waals surface area contributed by atoms with E-state index in [1.807, 2.05) is 0 Å². The molecule has 2 amide bonds. The summed E-state index contributed by atoms with van der Waals surface area (Å²) in [5.41, 5.74) is 1.05. The number of benzene rings is 2. The first-order valence-corrected chi connectivity index (χ1v) is 9.82. The van der Waals surface area contributed by atoms with Crippen molar-refractivity contribution in [2.24, 2.45) is 0 Å². The van der Waals surface area contributed by atoms with Crippen molar-refractivity contribution in [2.45, 2.75) is 11.8 Å². The van der Waals surface area contributed by atoms with E-state index in [2.05, 4.69) is 26.6 Å². The van der Waals surface area contributed by atoms with Crippen LogP contribution < -0.4 is 10.6 Å². The van der Waals surface area contributed by atoms with Crippen LogP contribution >= 0.6 is 15.9 Å². The van der Waals surface area contributed by atoms with Gasteiger partial charge in [-0.3, -0.25) is 9.59 Å². The van der Waals surface area contributed by atoms with Crippen molar-refractivity contribution in [3.63, 3.8) is 0 Å². The lowest BCUT2D eigenvalue weighted by atomic mass is 10.3. The lowest BCUT2D eigenvalue weighted by Crippen LogP contribution is -2.35. The van der Waals surface area contributed by atoms with E-state index in [9.17, 15) is 18.0 Å². The molecule has 0 atom stereocenters. The molecule has 2 rings (SSSR count). The molecular formula is C17H18BrN3O4S. The second-order valence-corrected chi connectivity index (χ2v) is 8.39. The van der Waals surface area contributed by atoms with Gasteiger partial charge in [-0.15, -0.1) is 0 Å². The third-order valence-corrected chi connectivity index (χ3v) is 5.91. The highest BCUT2D eigenvalue weighted by molar-refractivity contribution is 9.10. The average molecular weight is 440 g/mol. The summed E-state index contributed by atoms with van der Waals surface area (Å²) in [5.74, 6) is -0.709. The number of para-hydroxylation sites is 1. The van der Waals surface area contributed by atoms with Gasteiger partial charge in [0.05, 0.1) is 17.1 Å². The molecule has 0 radical (unpaired) electrons. The van der Waals surface area contributed by atoms with Crippen molar-refractivity contribution in [2.75, 3.05) is 24.2 Å². The van der Waals surface area contributed by atoms with Crippen molar-refractivity contribution in [3.05, 3.63) is 53.0 Å². The van der Waals surface area contributed by atoms with Crippen molar-refractivity contribution >= 4 is 49.1 Å². The van der Waals surface area contributed by atoms with Crippen LogP contribution in [0.2, 0.25) is 0 Å². The number of sulfonamides is 1. The lowest BCUT2D eigenvalue weighted by molar-refractivity contribution is -0.116. The number of hydrogen-bond donors (Lipinski definition) is 2. The maximum Gasteiger partial charge on any atom is 0.243 e. The Morgan fingerprint density at radius 1 is 1.04 bits per heavy atom. The molecule has 2 aromatic rings. The van der Waals surface area contributed by atoms with Gasteiger partial charge in [0.1, 0.15) is 0 Å². The van der Waals surface area contributed by atoms with Gasteiger partial charge in [0, 0.05) is 24.1 Å². The normalized spacial score (nSPS) is 11.2. The number of likely N-dealkylation sites (N-methyl/N-ethyl adjacent to an activating group) is 1. The molecule has 0 aliphatic rings. The summed E-state index contributed by atoms with van der Waals surface area (Å²) >= 11 is 3.31. The van der Waals surface area contributed by atoms with Gasteiger partial charge in [-0.05, 0) is 52.3 Å². The maximum atomic E-state index is 12.6. The SMILES string of the molecule is CC(=O)Nc1ccc(S(=O)(=O)N(C)CC(=O)Nc2ccccc2Br)cc1. The molecule has 0 saturated heterocycles. The summed E-state index contributed by atoms with van der Waals surface area (Å²) in [6, 6.07) is 12.8. The Balaban J connectivity index is 2.07. The van der Waals surface area contributed by atoms with Crippen molar-refractivity contribution in [1.82, 2.24) is 4.31 Å². The predicted octanol–water partition coefficient (Wildman–Crippen LogP) is 2.67. The number of nitrogens with zero attached hydrogens (tertiary/aromatic N) is 1. The molecule has 138 valence electrons. The number of halogens is 1. The quantitative estimate of drug-likeness (QED) is 0.722. The van der Waals surface area contributed by atoms with E-state index in [1.54, 1.807) is 24.3 Å². The van der Waals surface area contributed by atoms with E-state index in [0.29, 0.717) is 15.8 Å². The Bertz CT molecular complexity index is 914. The molecule has 26 heavy (non-hydrogen) atoms. The first-order valence-electron chi connectivity index (χ1n) is 7.58. The van der Waals surface area contributed by atoms with Crippen molar-refractivity contribution < 1.29 is 18.0 Å². The smallest absolute Gasteiger partial charge is 0.243 e. The molecule has 2 aromatic carbocycles. The second-order valence-electron chi connectivity index (χ2n) is 5.49. The number of nitrogens with one attached hydrogen (secondary N) is 2. The number of rotatable bonds is 6. The van der Waals surface area contributed by atoms with E-state index >= 15 is 0 Å². The van der Waals surface area contributed by atoms with Gasteiger partial charge >= 0.3 is 0 Å². The van der Waals surface area contributed by atoms with E-state index in [4.69, 9.17) is 0 Å². The van der Waals surface area contributed by atoms with E-state index in [0.717, 1.165) is 4.31 Å². The molecule has 9 heteroatoms. The minimum absolute atomic E-state index is 0.0304. The van der Waals surface area contributed by atoms with E-state index in [1.165, 1.54) is 38.2 Å². The minimum Gasteiger partial charge on any atom is -0.326 e. The van der Waals surface area contributed by atoms with E-state index in [-0.39, 0.29) is 17.3 Å². The van der Waals surface area contributed by atoms with Crippen LogP contribution in [0.1, 0.15) is 6.92 Å². The van der Waals surface area contributed by atoms with Gasteiger partial charge in [0.2, 0.25) is 21.8 Å². The molecule has 0 saturated carbocycles. The van der Waals surface area contributed by atoms with Crippen LogP contribution in [-0.4, -0.2) is 38.1 Å². The van der Waals surface area contributed by atoms with Gasteiger partial charge in [0.25, 0.3) is 0 Å². The summed E-state index contributed by atoms with van der Waals surface area (Å²) in [6.45, 7) is 1.03. The first-order chi connectivity index (χ1) is 12.2. The first kappa shape index (κ1) is 20.1. The Morgan fingerprint density at radius 2 is 1.65 bits per heavy atom. The molecule has 0 aliphatic carbocycles. The molecule has 0 fully saturated rings. The fraction of sp³-hybridized carbons (Fsp3) is 0.176. The Morgan fingerprint density at radius 3 is 2.23 bits per heavy atom. The van der Waals surface area contributed by atoms with Crippen molar-refractivity contribution in [1.29, 1.82) is 0 Å². The zero-order valence-corrected chi connectivity index (χ0v) is 16.6. The standard InChI is InChI=1S/C17H18BrN3O4S/c1-12(22)19-13-7-9-14(10-8-13)26(24,25)21(2)11-17(23)20-16-6-4-3-5-15(16)18/h3-10H,11H2,1-2H3,(H,19,22)(H,20,23). The molecular weight excluding hydrogens is 422 g/mol. The third kappa shape index (κ3) is 5.13. The zero-order chi connectivity index (χ0) is 19.3. The minimum atomic E-state index is -3.83. The molecule has 0 bridgehead atoms. The number of hydrogen-bond acceptors (Lipinski definition) is 4. The molecule has 0 spiro atoms. The Hall–Kier alpha value is -2.23. The topological polar surface area (TPSA) is 95.6 Å². The van der Waals surface area contributed by atoms with Gasteiger partial charge in [-0.2, -0.15) is 4.31 Å². The van der Waals surface area contributed by atoms with Gasteiger partial charge in [0.15, 0.2) is 0 Å². The average Bonchev–Trinajstić information content (AvgIpc) is 2.57. The van der Waals surface area contributed by atoms with Gasteiger partial charge in [-0.25, -0.2) is 8.42 Å². The van der Waals surface area contributed by atoms with Crippen molar-refractivity contribution in [3.8, 4) is 0 Å². The number of carbonyl (C=O) groups excluding carboxylic acids is 2. The summed E-state index contributed by atoms with van der Waals surface area (Å²) in [6.07, 6.45) is 0. The fourth-order valence-corrected chi connectivity index (χ4v) is 3.64. The lowest BCUT2D eigenvalue weighted by Gasteiger charge is -2.17. The van der Waals surface area contributed by atoms with Gasteiger partial charge < -0.3 is 10.6 Å². The Labute approximate surface area is 160 Å².